The topological polar surface area (TPSA) is 30.5 Å². The van der Waals surface area contributed by atoms with Crippen LogP contribution in [0.3, 0.4) is 0 Å². The number of rotatable bonds is 6. The van der Waals surface area contributed by atoms with E-state index in [0.717, 1.165) is 5.69 Å². The van der Waals surface area contributed by atoms with E-state index in [1.807, 2.05) is 48.5 Å². The molecule has 0 amide bonds. The van der Waals surface area contributed by atoms with Gasteiger partial charge >= 0.3 is 6.64 Å². The Labute approximate surface area is 198 Å². The van der Waals surface area contributed by atoms with Gasteiger partial charge in [-0.05, 0) is 65.3 Å². The second kappa shape index (κ2) is 9.29. The Morgan fingerprint density at radius 3 is 1.34 bits per heavy atom. The van der Waals surface area contributed by atoms with Crippen LogP contribution in [0.25, 0.3) is 0 Å². The molecule has 170 valence electrons. The van der Waals surface area contributed by atoms with Gasteiger partial charge in [0.2, 0.25) is 0 Å². The third-order valence-corrected chi connectivity index (χ3v) is 7.36. The lowest BCUT2D eigenvalue weighted by molar-refractivity contribution is 0.491. The van der Waals surface area contributed by atoms with Crippen molar-refractivity contribution in [2.75, 3.05) is 5.09 Å². The molecule has 0 aliphatic rings. The largest absolute Gasteiger partial charge is 0.421 e. The lowest BCUT2D eigenvalue weighted by atomic mass is 9.87. The van der Waals surface area contributed by atoms with Crippen LogP contribution >= 0.6 is 6.64 Å². The van der Waals surface area contributed by atoms with Gasteiger partial charge in [-0.1, -0.05) is 83.5 Å². The predicted octanol–water partition coefficient (Wildman–Crippen LogP) is 8.38. The summed E-state index contributed by atoms with van der Waals surface area (Å²) in [4.78, 5) is 0. The smallest absolute Gasteiger partial charge is 0.392 e. The molecule has 0 saturated carbocycles. The number of anilines is 1. The summed E-state index contributed by atoms with van der Waals surface area (Å²) >= 11 is 5.95. The molecular weight excluding hydrogens is 433 g/mol. The fourth-order valence-electron chi connectivity index (χ4n) is 3.16. The number of nitrogens with one attached hydrogen (secondary N) is 1. The summed E-state index contributed by atoms with van der Waals surface area (Å²) in [5.74, 6) is 1.37. The molecule has 0 radical (unpaired) electrons. The maximum Gasteiger partial charge on any atom is 0.392 e. The Morgan fingerprint density at radius 2 is 1.00 bits per heavy atom. The minimum absolute atomic E-state index is 0.0736. The van der Waals surface area contributed by atoms with Crippen LogP contribution < -0.4 is 14.1 Å². The highest BCUT2D eigenvalue weighted by molar-refractivity contribution is 8.10. The van der Waals surface area contributed by atoms with Gasteiger partial charge in [-0.2, -0.15) is 0 Å². The molecule has 0 heterocycles. The van der Waals surface area contributed by atoms with E-state index >= 15 is 0 Å². The van der Waals surface area contributed by atoms with Gasteiger partial charge in [0.25, 0.3) is 0 Å². The average Bonchev–Trinajstić information content (AvgIpc) is 2.69. The van der Waals surface area contributed by atoms with E-state index in [4.69, 9.17) is 20.9 Å². The fraction of sp³-hybridized carbons (Fsp3) is 0.333. The van der Waals surface area contributed by atoms with Crippen molar-refractivity contribution in [2.45, 2.75) is 59.3 Å². The minimum Gasteiger partial charge on any atom is -0.421 e. The summed E-state index contributed by atoms with van der Waals surface area (Å²) in [7, 11) is 0. The van der Waals surface area contributed by atoms with E-state index in [-0.39, 0.29) is 10.8 Å². The molecule has 0 spiro atoms. The molecular formula is C27H34NO2PS. The van der Waals surface area contributed by atoms with Crippen molar-refractivity contribution in [3.05, 3.63) is 89.5 Å². The standard InChI is InChI=1S/C27H34NO2PS/c1-20-8-14-23(15-9-20)28-31(32,29-24-16-10-21(11-17-24)26(2,3)4)30-25-18-12-22(13-19-25)27(5,6)7/h8-19H,1-7H3,(H,28,32). The highest BCUT2D eigenvalue weighted by Crippen LogP contribution is 2.49. The molecule has 5 heteroatoms. The predicted molar refractivity (Wildman–Crippen MR) is 141 cm³/mol. The maximum atomic E-state index is 6.30. The van der Waals surface area contributed by atoms with Gasteiger partial charge in [-0.3, -0.25) is 5.09 Å². The monoisotopic (exact) mass is 467 g/mol. The lowest BCUT2D eigenvalue weighted by Crippen LogP contribution is -2.12. The van der Waals surface area contributed by atoms with E-state index in [2.05, 4.69) is 77.8 Å². The van der Waals surface area contributed by atoms with E-state index in [0.29, 0.717) is 11.5 Å². The molecule has 0 aliphatic carbocycles. The van der Waals surface area contributed by atoms with E-state index in [1.54, 1.807) is 0 Å². The molecule has 32 heavy (non-hydrogen) atoms. The van der Waals surface area contributed by atoms with Gasteiger partial charge in [0.15, 0.2) is 0 Å². The first-order chi connectivity index (χ1) is 14.8. The van der Waals surface area contributed by atoms with Crippen molar-refractivity contribution in [3.63, 3.8) is 0 Å². The first-order valence-electron chi connectivity index (χ1n) is 10.9. The summed E-state index contributed by atoms with van der Waals surface area (Å²) in [6.07, 6.45) is 0. The van der Waals surface area contributed by atoms with Gasteiger partial charge in [-0.25, -0.2) is 0 Å². The zero-order chi connectivity index (χ0) is 23.6. The fourth-order valence-corrected chi connectivity index (χ4v) is 5.38. The van der Waals surface area contributed by atoms with Crippen LogP contribution in [0.5, 0.6) is 11.5 Å². The van der Waals surface area contributed by atoms with Crippen LogP contribution in [-0.4, -0.2) is 0 Å². The van der Waals surface area contributed by atoms with Crippen LogP contribution in [-0.2, 0) is 22.6 Å². The molecule has 0 atom stereocenters. The highest BCUT2D eigenvalue weighted by Gasteiger charge is 2.24. The molecule has 3 nitrogen and oxygen atoms in total. The van der Waals surface area contributed by atoms with Crippen LogP contribution in [0.1, 0.15) is 58.2 Å². The minimum atomic E-state index is -2.93. The maximum absolute atomic E-state index is 6.30. The van der Waals surface area contributed by atoms with Crippen molar-refractivity contribution in [3.8, 4) is 11.5 Å². The summed E-state index contributed by atoms with van der Waals surface area (Å²) < 4.78 is 12.6. The first-order valence-corrected chi connectivity index (χ1v) is 13.5. The molecule has 0 unspecified atom stereocenters. The summed E-state index contributed by atoms with van der Waals surface area (Å²) in [5.41, 5.74) is 4.68. The van der Waals surface area contributed by atoms with E-state index in [1.165, 1.54) is 16.7 Å². The van der Waals surface area contributed by atoms with Crippen molar-refractivity contribution in [1.82, 2.24) is 0 Å². The van der Waals surface area contributed by atoms with Crippen molar-refractivity contribution < 1.29 is 9.05 Å². The Kier molecular flexibility index (Phi) is 7.07. The molecule has 3 aromatic carbocycles. The Balaban J connectivity index is 1.88. The number of hydrogen-bond donors (Lipinski definition) is 1. The first kappa shape index (κ1) is 24.4. The quantitative estimate of drug-likeness (QED) is 0.369. The molecule has 1 N–H and O–H groups in total. The third kappa shape index (κ3) is 6.60. The molecule has 0 bridgehead atoms. The normalized spacial score (nSPS) is 12.3. The van der Waals surface area contributed by atoms with Crippen molar-refractivity contribution in [2.24, 2.45) is 0 Å². The zero-order valence-corrected chi connectivity index (χ0v) is 21.8. The van der Waals surface area contributed by atoms with E-state index < -0.39 is 6.64 Å². The Morgan fingerprint density at radius 1 is 0.625 bits per heavy atom. The van der Waals surface area contributed by atoms with E-state index in [9.17, 15) is 0 Å². The summed E-state index contributed by atoms with van der Waals surface area (Å²) in [6.45, 7) is 12.3. The SMILES string of the molecule is Cc1ccc(NP(=S)(Oc2ccc(C(C)(C)C)cc2)Oc2ccc(C(C)(C)C)cc2)cc1. The number of aryl methyl sites for hydroxylation is 1. The molecule has 3 rings (SSSR count). The molecule has 0 aliphatic heterocycles. The second-order valence-electron chi connectivity index (χ2n) is 10.2. The summed E-state index contributed by atoms with van der Waals surface area (Å²) in [6, 6.07) is 24.2. The van der Waals surface area contributed by atoms with Crippen LogP contribution in [0.4, 0.5) is 5.69 Å². The zero-order valence-electron chi connectivity index (χ0n) is 20.1. The van der Waals surface area contributed by atoms with Gasteiger partial charge in [-0.15, -0.1) is 0 Å². The lowest BCUT2D eigenvalue weighted by Gasteiger charge is -2.26. The van der Waals surface area contributed by atoms with Gasteiger partial charge in [0.05, 0.1) is 0 Å². The molecule has 0 aromatic heterocycles. The van der Waals surface area contributed by atoms with Gasteiger partial charge in [0.1, 0.15) is 11.5 Å². The average molecular weight is 468 g/mol. The third-order valence-electron chi connectivity index (χ3n) is 5.21. The van der Waals surface area contributed by atoms with Crippen LogP contribution in [0.2, 0.25) is 0 Å². The second-order valence-corrected chi connectivity index (χ2v) is 13.2. The molecule has 0 fully saturated rings. The van der Waals surface area contributed by atoms with Gasteiger partial charge in [0, 0.05) is 17.5 Å². The Hall–Kier alpha value is -2.29. The molecule has 3 aromatic rings. The van der Waals surface area contributed by atoms with Crippen molar-refractivity contribution in [1.29, 1.82) is 0 Å². The van der Waals surface area contributed by atoms with Crippen LogP contribution in [0.15, 0.2) is 72.8 Å². The Bertz CT molecular complexity index is 1010. The van der Waals surface area contributed by atoms with Crippen molar-refractivity contribution >= 4 is 24.1 Å². The summed E-state index contributed by atoms with van der Waals surface area (Å²) in [5, 5.41) is 3.35. The highest BCUT2D eigenvalue weighted by atomic mass is 32.5. The van der Waals surface area contributed by atoms with Gasteiger partial charge < -0.3 is 9.05 Å². The number of hydrogen-bond acceptors (Lipinski definition) is 3. The molecule has 0 saturated heterocycles. The van der Waals surface area contributed by atoms with Crippen LogP contribution in [0, 0.1) is 6.92 Å². The number of benzene rings is 3.